The first-order chi connectivity index (χ1) is 15.6. The maximum absolute atomic E-state index is 12.7. The average molecular weight is 448 g/mol. The third-order valence-corrected chi connectivity index (χ3v) is 5.54. The van der Waals surface area contributed by atoms with Crippen LogP contribution in [-0.2, 0) is 4.79 Å². The molecule has 0 bridgehead atoms. The van der Waals surface area contributed by atoms with Gasteiger partial charge in [-0.1, -0.05) is 42.1 Å². The van der Waals surface area contributed by atoms with Crippen LogP contribution in [0.4, 0.5) is 5.69 Å². The van der Waals surface area contributed by atoms with E-state index in [1.165, 1.54) is 11.8 Å². The van der Waals surface area contributed by atoms with Crippen LogP contribution in [0.25, 0.3) is 5.69 Å². The Balaban J connectivity index is 1.39. The second kappa shape index (κ2) is 9.97. The average Bonchev–Trinajstić information content (AvgIpc) is 3.28. The lowest BCUT2D eigenvalue weighted by Gasteiger charge is -2.13. The summed E-state index contributed by atoms with van der Waals surface area (Å²) in [5.41, 5.74) is 1.37. The van der Waals surface area contributed by atoms with Gasteiger partial charge in [-0.2, -0.15) is 4.68 Å². The topological polar surface area (TPSA) is 91.2 Å². The Bertz CT molecular complexity index is 1180. The number of nitrogens with zero attached hydrogens (tertiary/aromatic N) is 4. The molecule has 162 valence electrons. The fourth-order valence-electron chi connectivity index (χ4n) is 2.89. The molecule has 32 heavy (non-hydrogen) atoms. The number of benzene rings is 3. The Kier molecular flexibility index (Phi) is 6.66. The van der Waals surface area contributed by atoms with Crippen LogP contribution in [0.15, 0.2) is 84.0 Å². The van der Waals surface area contributed by atoms with Gasteiger partial charge in [0.15, 0.2) is 0 Å². The van der Waals surface area contributed by atoms with Crippen LogP contribution in [0.5, 0.6) is 17.2 Å². The number of thioether (sulfide) groups is 1. The minimum Gasteiger partial charge on any atom is -0.494 e. The van der Waals surface area contributed by atoms with Crippen molar-refractivity contribution in [1.82, 2.24) is 20.2 Å². The highest BCUT2D eigenvalue weighted by atomic mass is 32.2. The van der Waals surface area contributed by atoms with Crippen molar-refractivity contribution in [1.29, 1.82) is 0 Å². The van der Waals surface area contributed by atoms with E-state index in [4.69, 9.17) is 9.47 Å². The van der Waals surface area contributed by atoms with E-state index in [-0.39, 0.29) is 5.91 Å². The van der Waals surface area contributed by atoms with Crippen molar-refractivity contribution in [3.8, 4) is 22.9 Å². The molecule has 4 rings (SSSR count). The number of carbonyl (C=O) groups is 1. The largest absolute Gasteiger partial charge is 0.494 e. The minimum atomic E-state index is -0.435. The molecule has 0 aliphatic carbocycles. The zero-order chi connectivity index (χ0) is 22.3. The van der Waals surface area contributed by atoms with Crippen LogP contribution >= 0.6 is 11.8 Å². The van der Waals surface area contributed by atoms with Crippen molar-refractivity contribution in [3.63, 3.8) is 0 Å². The van der Waals surface area contributed by atoms with E-state index in [1.807, 2.05) is 66.7 Å². The van der Waals surface area contributed by atoms with Gasteiger partial charge in [0.25, 0.3) is 0 Å². The van der Waals surface area contributed by atoms with Crippen molar-refractivity contribution in [2.75, 3.05) is 12.4 Å². The summed E-state index contributed by atoms with van der Waals surface area (Å²) >= 11 is 1.26. The first-order valence-electron chi connectivity index (χ1n) is 9.86. The molecule has 0 unspecified atom stereocenters. The number of para-hydroxylation sites is 3. The van der Waals surface area contributed by atoms with Gasteiger partial charge in [-0.05, 0) is 65.9 Å². The second-order valence-corrected chi connectivity index (χ2v) is 8.04. The molecular weight excluding hydrogens is 426 g/mol. The molecule has 0 aliphatic heterocycles. The molecule has 0 saturated heterocycles. The molecule has 0 fully saturated rings. The summed E-state index contributed by atoms with van der Waals surface area (Å²) in [5, 5.41) is 14.8. The van der Waals surface area contributed by atoms with Gasteiger partial charge < -0.3 is 14.8 Å². The standard InChI is InChI=1S/C23H21N5O3S/c1-16(32-23-25-26-27-28(23)20-10-6-7-11-21(20)30-2)22(29)24-17-12-14-19(15-13-17)31-18-8-4-3-5-9-18/h3-16H,1-2H3,(H,24,29)/t16-/m0/s1. The molecule has 1 amide bonds. The van der Waals surface area contributed by atoms with Gasteiger partial charge in [-0.15, -0.1) is 5.10 Å². The Morgan fingerprint density at radius 1 is 0.969 bits per heavy atom. The number of methoxy groups -OCH3 is 1. The predicted octanol–water partition coefficient (Wildman–Crippen LogP) is 4.58. The van der Waals surface area contributed by atoms with E-state index < -0.39 is 5.25 Å². The molecule has 9 heteroatoms. The molecule has 4 aromatic rings. The van der Waals surface area contributed by atoms with Crippen LogP contribution in [0, 0.1) is 0 Å². The third kappa shape index (κ3) is 5.06. The van der Waals surface area contributed by atoms with E-state index in [0.29, 0.717) is 28.0 Å². The maximum atomic E-state index is 12.7. The smallest absolute Gasteiger partial charge is 0.237 e. The zero-order valence-corrected chi connectivity index (χ0v) is 18.3. The van der Waals surface area contributed by atoms with Crippen molar-refractivity contribution in [2.24, 2.45) is 0 Å². The summed E-state index contributed by atoms with van der Waals surface area (Å²) in [6.07, 6.45) is 0. The van der Waals surface area contributed by atoms with Gasteiger partial charge in [0.05, 0.1) is 12.4 Å². The Morgan fingerprint density at radius 3 is 2.41 bits per heavy atom. The number of ether oxygens (including phenoxy) is 2. The first kappa shape index (κ1) is 21.4. The highest BCUT2D eigenvalue weighted by molar-refractivity contribution is 8.00. The van der Waals surface area contributed by atoms with Gasteiger partial charge in [0, 0.05) is 5.69 Å². The molecule has 0 saturated carbocycles. The Hall–Kier alpha value is -3.85. The van der Waals surface area contributed by atoms with Crippen molar-refractivity contribution < 1.29 is 14.3 Å². The number of carbonyl (C=O) groups excluding carboxylic acids is 1. The fourth-order valence-corrected chi connectivity index (χ4v) is 3.70. The maximum Gasteiger partial charge on any atom is 0.237 e. The second-order valence-electron chi connectivity index (χ2n) is 6.73. The minimum absolute atomic E-state index is 0.165. The van der Waals surface area contributed by atoms with Crippen LogP contribution in [0.1, 0.15) is 6.92 Å². The molecule has 3 aromatic carbocycles. The molecule has 1 aromatic heterocycles. The van der Waals surface area contributed by atoms with E-state index in [0.717, 1.165) is 5.75 Å². The van der Waals surface area contributed by atoms with Crippen molar-refractivity contribution >= 4 is 23.4 Å². The molecular formula is C23H21N5O3S. The van der Waals surface area contributed by atoms with Gasteiger partial charge >= 0.3 is 0 Å². The summed E-state index contributed by atoms with van der Waals surface area (Å²) in [4.78, 5) is 12.7. The molecule has 0 aliphatic rings. The molecule has 8 nitrogen and oxygen atoms in total. The van der Waals surface area contributed by atoms with Crippen LogP contribution in [0.3, 0.4) is 0 Å². The molecule has 1 N–H and O–H groups in total. The number of nitrogens with one attached hydrogen (secondary N) is 1. The number of anilines is 1. The van der Waals surface area contributed by atoms with Crippen molar-refractivity contribution in [3.05, 3.63) is 78.9 Å². The lowest BCUT2D eigenvalue weighted by molar-refractivity contribution is -0.115. The SMILES string of the molecule is COc1ccccc1-n1nnnc1S[C@@H](C)C(=O)Nc1ccc(Oc2ccccc2)cc1. The molecule has 1 heterocycles. The van der Waals surface area contributed by atoms with Gasteiger partial charge in [-0.3, -0.25) is 4.79 Å². The number of aromatic nitrogens is 4. The normalized spacial score (nSPS) is 11.6. The summed E-state index contributed by atoms with van der Waals surface area (Å²) in [6, 6.07) is 24.1. The summed E-state index contributed by atoms with van der Waals surface area (Å²) in [5.74, 6) is 1.91. The lowest BCUT2D eigenvalue weighted by atomic mass is 10.3. The zero-order valence-electron chi connectivity index (χ0n) is 17.5. The number of hydrogen-bond acceptors (Lipinski definition) is 7. The van der Waals surface area contributed by atoms with Crippen molar-refractivity contribution in [2.45, 2.75) is 17.3 Å². The van der Waals surface area contributed by atoms with Crippen LogP contribution in [-0.4, -0.2) is 38.5 Å². The van der Waals surface area contributed by atoms with E-state index in [2.05, 4.69) is 20.8 Å². The number of amides is 1. The van der Waals surface area contributed by atoms with Crippen LogP contribution in [0.2, 0.25) is 0 Å². The number of hydrogen-bond donors (Lipinski definition) is 1. The van der Waals surface area contributed by atoms with Crippen LogP contribution < -0.4 is 14.8 Å². The lowest BCUT2D eigenvalue weighted by Crippen LogP contribution is -2.22. The summed E-state index contributed by atoms with van der Waals surface area (Å²) < 4.78 is 12.7. The van der Waals surface area contributed by atoms with E-state index >= 15 is 0 Å². The number of rotatable bonds is 8. The monoisotopic (exact) mass is 447 g/mol. The third-order valence-electron chi connectivity index (χ3n) is 4.51. The number of tetrazole rings is 1. The van der Waals surface area contributed by atoms with Gasteiger partial charge in [0.1, 0.15) is 22.9 Å². The van der Waals surface area contributed by atoms with E-state index in [1.54, 1.807) is 30.8 Å². The summed E-state index contributed by atoms with van der Waals surface area (Å²) in [6.45, 7) is 1.80. The predicted molar refractivity (Wildman–Crippen MR) is 123 cm³/mol. The Morgan fingerprint density at radius 2 is 1.66 bits per heavy atom. The van der Waals surface area contributed by atoms with Gasteiger partial charge in [-0.25, -0.2) is 0 Å². The Labute approximate surface area is 189 Å². The van der Waals surface area contributed by atoms with E-state index in [9.17, 15) is 4.79 Å². The highest BCUT2D eigenvalue weighted by Gasteiger charge is 2.20. The van der Waals surface area contributed by atoms with Gasteiger partial charge in [0.2, 0.25) is 11.1 Å². The quantitative estimate of drug-likeness (QED) is 0.395. The molecule has 1 atom stereocenters. The molecule has 0 spiro atoms. The fraction of sp³-hybridized carbons (Fsp3) is 0.130. The summed E-state index contributed by atoms with van der Waals surface area (Å²) in [7, 11) is 1.59. The highest BCUT2D eigenvalue weighted by Crippen LogP contribution is 2.28. The first-order valence-corrected chi connectivity index (χ1v) is 10.7. The molecule has 0 radical (unpaired) electrons.